The fourth-order valence-corrected chi connectivity index (χ4v) is 4.18. The van der Waals surface area contributed by atoms with Gasteiger partial charge in [-0.05, 0) is 6.42 Å². The predicted octanol–water partition coefficient (Wildman–Crippen LogP) is 5.36. The van der Waals surface area contributed by atoms with Gasteiger partial charge in [-0.15, -0.1) is 23.5 Å². The Balaban J connectivity index is 2.93. The Morgan fingerprint density at radius 2 is 1.61 bits per heavy atom. The second kappa shape index (κ2) is 5.98. The van der Waals surface area contributed by atoms with Crippen LogP contribution in [0.2, 0.25) is 0 Å². The molecule has 1 aliphatic rings. The third-order valence-corrected chi connectivity index (χ3v) is 5.34. The van der Waals surface area contributed by atoms with Gasteiger partial charge in [-0.3, -0.25) is 0 Å². The second-order valence-electron chi connectivity index (χ2n) is 3.85. The van der Waals surface area contributed by atoms with Gasteiger partial charge in [0.15, 0.2) is 0 Å². The Labute approximate surface area is 110 Å². The number of hydrogen-bond acceptors (Lipinski definition) is 2. The molecule has 1 rings (SSSR count). The topological polar surface area (TPSA) is 0 Å². The number of unbranched alkanes of at least 4 members (excludes halogenated alkanes) is 1. The molecule has 1 heterocycles. The smallest absolute Gasteiger partial charge is 0.166 e. The van der Waals surface area contributed by atoms with Gasteiger partial charge in [0.2, 0.25) is 0 Å². The van der Waals surface area contributed by atoms with E-state index in [2.05, 4.69) is 0 Å². The van der Waals surface area contributed by atoms with E-state index in [4.69, 9.17) is 0 Å². The minimum Gasteiger partial charge on any atom is -0.166 e. The van der Waals surface area contributed by atoms with Gasteiger partial charge in [-0.1, -0.05) is 19.8 Å². The summed E-state index contributed by atoms with van der Waals surface area (Å²) >= 11 is 0.605. The molecule has 0 N–H and O–H groups in total. The number of allylic oxidation sites excluding steroid dienone is 2. The molecule has 0 amide bonds. The molecule has 0 nitrogen and oxygen atoms in total. The Kier molecular flexibility index (Phi) is 5.34. The zero-order chi connectivity index (χ0) is 14.0. The van der Waals surface area contributed by atoms with E-state index >= 15 is 0 Å². The Hall–Kier alpha value is 0.0200. The van der Waals surface area contributed by atoms with Crippen molar-refractivity contribution in [2.24, 2.45) is 0 Å². The minimum atomic E-state index is -4.92. The summed E-state index contributed by atoms with van der Waals surface area (Å²) in [5, 5.41) is -0.391. The van der Waals surface area contributed by atoms with Crippen LogP contribution in [0.5, 0.6) is 0 Å². The first-order valence-electron chi connectivity index (χ1n) is 5.34. The normalized spacial score (nSPS) is 22.5. The van der Waals surface area contributed by atoms with Crippen molar-refractivity contribution >= 4 is 23.5 Å². The maximum Gasteiger partial charge on any atom is 0.423 e. The molecule has 0 aromatic carbocycles. The highest BCUT2D eigenvalue weighted by atomic mass is 32.2. The van der Waals surface area contributed by atoms with E-state index in [0.29, 0.717) is 18.2 Å². The molecule has 0 aromatic heterocycles. The highest BCUT2D eigenvalue weighted by Gasteiger charge is 2.49. The summed E-state index contributed by atoms with van der Waals surface area (Å²) < 4.78 is 75.4. The summed E-state index contributed by atoms with van der Waals surface area (Å²) in [4.78, 5) is -2.97. The van der Waals surface area contributed by atoms with E-state index in [1.807, 2.05) is 6.92 Å². The van der Waals surface area contributed by atoms with E-state index in [9.17, 15) is 26.3 Å². The predicted molar refractivity (Wildman–Crippen MR) is 62.5 cm³/mol. The van der Waals surface area contributed by atoms with Crippen molar-refractivity contribution in [2.75, 3.05) is 5.75 Å². The van der Waals surface area contributed by atoms with Crippen molar-refractivity contribution in [3.8, 4) is 0 Å². The largest absolute Gasteiger partial charge is 0.423 e. The van der Waals surface area contributed by atoms with Gasteiger partial charge in [0.1, 0.15) is 9.81 Å². The molecule has 0 bridgehead atoms. The zero-order valence-corrected chi connectivity index (χ0v) is 11.1. The molecule has 8 heteroatoms. The van der Waals surface area contributed by atoms with Crippen LogP contribution >= 0.6 is 23.5 Å². The first kappa shape index (κ1) is 16.1. The lowest BCUT2D eigenvalue weighted by molar-refractivity contribution is -0.104. The molecule has 0 aliphatic carbocycles. The number of alkyl halides is 6. The fourth-order valence-electron chi connectivity index (χ4n) is 1.48. The van der Waals surface area contributed by atoms with Crippen molar-refractivity contribution in [3.63, 3.8) is 0 Å². The van der Waals surface area contributed by atoms with Gasteiger partial charge in [0.25, 0.3) is 0 Å². The average molecular weight is 310 g/mol. The van der Waals surface area contributed by atoms with E-state index in [0.717, 1.165) is 12.8 Å². The Bertz CT molecular complexity index is 317. The Morgan fingerprint density at radius 1 is 1.06 bits per heavy atom. The molecule has 0 saturated carbocycles. The lowest BCUT2D eigenvalue weighted by Crippen LogP contribution is -2.26. The average Bonchev–Trinajstić information content (AvgIpc) is 2.23. The standard InChI is InChI=1S/C10H12F6S2/c1-2-3-4-6-5-17-7(9(11,12)13)8(18-6)10(14,15)16/h6H,2-5H2,1H3. The van der Waals surface area contributed by atoms with Crippen LogP contribution in [0.25, 0.3) is 0 Å². The van der Waals surface area contributed by atoms with Crippen LogP contribution in [-0.4, -0.2) is 23.4 Å². The summed E-state index contributed by atoms with van der Waals surface area (Å²) in [7, 11) is 0. The van der Waals surface area contributed by atoms with Crippen molar-refractivity contribution in [2.45, 2.75) is 43.8 Å². The maximum atomic E-state index is 12.6. The molecule has 106 valence electrons. The molecule has 1 atom stereocenters. The molecule has 0 radical (unpaired) electrons. The van der Waals surface area contributed by atoms with Gasteiger partial charge >= 0.3 is 12.4 Å². The first-order chi connectivity index (χ1) is 8.16. The molecule has 0 saturated heterocycles. The van der Waals surface area contributed by atoms with Gasteiger partial charge in [0, 0.05) is 11.0 Å². The van der Waals surface area contributed by atoms with Crippen LogP contribution in [-0.2, 0) is 0 Å². The summed E-state index contributed by atoms with van der Waals surface area (Å²) in [6, 6.07) is 0. The molecule has 0 aromatic rings. The van der Waals surface area contributed by atoms with Crippen molar-refractivity contribution in [3.05, 3.63) is 9.81 Å². The second-order valence-corrected chi connectivity index (χ2v) is 6.19. The van der Waals surface area contributed by atoms with Crippen LogP contribution in [0.15, 0.2) is 9.81 Å². The maximum absolute atomic E-state index is 12.6. The SMILES string of the molecule is CCCCC1CSC(C(F)(F)F)=C(C(F)(F)F)S1. The van der Waals surface area contributed by atoms with Crippen LogP contribution in [0.1, 0.15) is 26.2 Å². The number of halogens is 6. The Morgan fingerprint density at radius 3 is 2.06 bits per heavy atom. The summed E-state index contributed by atoms with van der Waals surface area (Å²) in [5.41, 5.74) is 0. The van der Waals surface area contributed by atoms with Crippen LogP contribution in [0.3, 0.4) is 0 Å². The quantitative estimate of drug-likeness (QED) is 0.643. The molecule has 0 spiro atoms. The van der Waals surface area contributed by atoms with E-state index in [-0.39, 0.29) is 17.5 Å². The van der Waals surface area contributed by atoms with E-state index < -0.39 is 27.4 Å². The van der Waals surface area contributed by atoms with E-state index in [1.54, 1.807) is 0 Å². The van der Waals surface area contributed by atoms with Gasteiger partial charge < -0.3 is 0 Å². The number of rotatable bonds is 3. The van der Waals surface area contributed by atoms with Crippen LogP contribution in [0, 0.1) is 0 Å². The first-order valence-corrected chi connectivity index (χ1v) is 7.21. The molecular weight excluding hydrogens is 298 g/mol. The third-order valence-electron chi connectivity index (χ3n) is 2.30. The highest BCUT2D eigenvalue weighted by Crippen LogP contribution is 2.52. The van der Waals surface area contributed by atoms with Gasteiger partial charge in [-0.25, -0.2) is 0 Å². The summed E-state index contributed by atoms with van der Waals surface area (Å²) in [5.74, 6) is 0.0824. The number of thioether (sulfide) groups is 2. The lowest BCUT2D eigenvalue weighted by Gasteiger charge is -2.28. The fraction of sp³-hybridized carbons (Fsp3) is 0.800. The molecule has 0 fully saturated rings. The molecule has 1 unspecified atom stereocenters. The lowest BCUT2D eigenvalue weighted by atomic mass is 10.2. The van der Waals surface area contributed by atoms with Gasteiger partial charge in [-0.2, -0.15) is 26.3 Å². The zero-order valence-electron chi connectivity index (χ0n) is 9.49. The van der Waals surface area contributed by atoms with Crippen LogP contribution in [0.4, 0.5) is 26.3 Å². The molecular formula is C10H12F6S2. The minimum absolute atomic E-state index is 0.0824. The van der Waals surface area contributed by atoms with E-state index in [1.165, 1.54) is 0 Å². The van der Waals surface area contributed by atoms with Crippen molar-refractivity contribution in [1.82, 2.24) is 0 Å². The van der Waals surface area contributed by atoms with Gasteiger partial charge in [0.05, 0.1) is 0 Å². The highest BCUT2D eigenvalue weighted by molar-refractivity contribution is 8.10. The summed E-state index contributed by atoms with van der Waals surface area (Å²) in [6.45, 7) is 1.89. The summed E-state index contributed by atoms with van der Waals surface area (Å²) in [6.07, 6.45) is -7.78. The molecule has 18 heavy (non-hydrogen) atoms. The molecule has 1 aliphatic heterocycles. The number of hydrogen-bond donors (Lipinski definition) is 0. The van der Waals surface area contributed by atoms with Crippen LogP contribution < -0.4 is 0 Å². The monoisotopic (exact) mass is 310 g/mol. The van der Waals surface area contributed by atoms with Crippen molar-refractivity contribution < 1.29 is 26.3 Å². The third kappa shape index (κ3) is 4.29. The van der Waals surface area contributed by atoms with Crippen molar-refractivity contribution in [1.29, 1.82) is 0 Å².